The third kappa shape index (κ3) is 11.4. The third-order valence-corrected chi connectivity index (χ3v) is 8.51. The van der Waals surface area contributed by atoms with Gasteiger partial charge in [-0.05, 0) is 55.2 Å². The molecule has 0 aliphatic carbocycles. The third-order valence-electron chi connectivity index (χ3n) is 7.57. The van der Waals surface area contributed by atoms with E-state index in [1.54, 1.807) is 12.1 Å². The number of carbonyl (C=O) groups is 2. The Hall–Kier alpha value is -2.45. The number of aromatic nitrogens is 1. The van der Waals surface area contributed by atoms with Gasteiger partial charge in [0, 0.05) is 43.5 Å². The summed E-state index contributed by atoms with van der Waals surface area (Å²) in [4.78, 5) is 33.5. The van der Waals surface area contributed by atoms with Crippen LogP contribution in [-0.2, 0) is 16.0 Å². The molecule has 0 aliphatic heterocycles. The number of aromatic hydroxyl groups is 1. The van der Waals surface area contributed by atoms with Crippen molar-refractivity contribution in [1.29, 1.82) is 0 Å². The van der Waals surface area contributed by atoms with Crippen molar-refractivity contribution in [3.63, 3.8) is 0 Å². The summed E-state index contributed by atoms with van der Waals surface area (Å²) < 4.78 is 6.33. The van der Waals surface area contributed by atoms with Crippen molar-refractivity contribution >= 4 is 23.2 Å². The van der Waals surface area contributed by atoms with Crippen molar-refractivity contribution in [1.82, 2.24) is 15.2 Å². The van der Waals surface area contributed by atoms with Gasteiger partial charge in [0.15, 0.2) is 0 Å². The number of hydrogen-bond acceptors (Lipinski definition) is 6. The number of nitrogens with one attached hydrogen (secondary N) is 1. The second kappa shape index (κ2) is 18.2. The van der Waals surface area contributed by atoms with Crippen molar-refractivity contribution in [3.8, 4) is 5.75 Å². The molecule has 8 heteroatoms. The lowest BCUT2D eigenvalue weighted by atomic mass is 9.94. The van der Waals surface area contributed by atoms with E-state index in [1.165, 1.54) is 11.3 Å². The number of amides is 2. The molecule has 4 atom stereocenters. The van der Waals surface area contributed by atoms with Gasteiger partial charge in [-0.2, -0.15) is 0 Å². The Morgan fingerprint density at radius 2 is 1.76 bits per heavy atom. The maximum Gasteiger partial charge on any atom is 0.270 e. The molecule has 2 aromatic rings. The number of phenolic OH excluding ortho intramolecular Hbond substituents is 1. The van der Waals surface area contributed by atoms with Crippen LogP contribution in [0.5, 0.6) is 5.75 Å². The molecule has 41 heavy (non-hydrogen) atoms. The number of rotatable bonds is 19. The van der Waals surface area contributed by atoms with Crippen LogP contribution in [0.3, 0.4) is 0 Å². The highest BCUT2D eigenvalue weighted by Crippen LogP contribution is 2.31. The summed E-state index contributed by atoms with van der Waals surface area (Å²) in [5.41, 5.74) is 1.47. The van der Waals surface area contributed by atoms with Gasteiger partial charge in [0.25, 0.3) is 5.91 Å². The first-order chi connectivity index (χ1) is 19.6. The number of carbonyl (C=O) groups excluding carboxylic acids is 2. The van der Waals surface area contributed by atoms with E-state index >= 15 is 0 Å². The van der Waals surface area contributed by atoms with E-state index in [9.17, 15) is 14.7 Å². The van der Waals surface area contributed by atoms with Gasteiger partial charge in [-0.25, -0.2) is 4.98 Å². The summed E-state index contributed by atoms with van der Waals surface area (Å²) in [6, 6.07) is 7.12. The Balaban J connectivity index is 2.22. The molecule has 0 fully saturated rings. The zero-order chi connectivity index (χ0) is 30.4. The van der Waals surface area contributed by atoms with Gasteiger partial charge in [0.05, 0.1) is 0 Å². The summed E-state index contributed by atoms with van der Waals surface area (Å²) in [7, 11) is 0. The molecule has 7 nitrogen and oxygen atoms in total. The lowest BCUT2D eigenvalue weighted by Crippen LogP contribution is -2.45. The van der Waals surface area contributed by atoms with Crippen molar-refractivity contribution < 1.29 is 19.4 Å². The Morgan fingerprint density at radius 1 is 1.05 bits per heavy atom. The van der Waals surface area contributed by atoms with Crippen molar-refractivity contribution in [2.75, 3.05) is 13.2 Å². The van der Waals surface area contributed by atoms with Gasteiger partial charge >= 0.3 is 0 Å². The monoisotopic (exact) mass is 587 g/mol. The van der Waals surface area contributed by atoms with Gasteiger partial charge in [-0.15, -0.1) is 11.3 Å². The number of thiazole rings is 1. The summed E-state index contributed by atoms with van der Waals surface area (Å²) >= 11 is 1.46. The summed E-state index contributed by atoms with van der Waals surface area (Å²) in [6.45, 7) is 16.2. The molecule has 0 saturated carbocycles. The lowest BCUT2D eigenvalue weighted by Gasteiger charge is -2.37. The van der Waals surface area contributed by atoms with Crippen molar-refractivity contribution in [3.05, 3.63) is 45.9 Å². The fourth-order valence-corrected chi connectivity index (χ4v) is 5.90. The molecular formula is C33H53N3O4S. The van der Waals surface area contributed by atoms with Crippen LogP contribution in [0, 0.1) is 11.8 Å². The van der Waals surface area contributed by atoms with Crippen molar-refractivity contribution in [2.45, 2.75) is 118 Å². The average Bonchev–Trinajstić information content (AvgIpc) is 3.44. The average molecular weight is 588 g/mol. The second-order valence-corrected chi connectivity index (χ2v) is 12.5. The fourth-order valence-electron chi connectivity index (χ4n) is 5.04. The summed E-state index contributed by atoms with van der Waals surface area (Å²) in [5, 5.41) is 15.4. The molecule has 0 bridgehead atoms. The van der Waals surface area contributed by atoms with Crippen LogP contribution in [0.1, 0.15) is 121 Å². The van der Waals surface area contributed by atoms with Gasteiger partial charge < -0.3 is 20.1 Å². The minimum atomic E-state index is -0.284. The first kappa shape index (κ1) is 34.7. The maximum atomic E-state index is 13.4. The predicted molar refractivity (Wildman–Crippen MR) is 168 cm³/mol. The number of benzene rings is 1. The molecule has 1 heterocycles. The molecule has 0 spiro atoms. The summed E-state index contributed by atoms with van der Waals surface area (Å²) in [6.07, 6.45) is 6.17. The number of nitrogens with zero attached hydrogens (tertiary/aromatic N) is 2. The Bertz CT molecular complexity index is 1040. The zero-order valence-electron chi connectivity index (χ0n) is 26.3. The quantitative estimate of drug-likeness (QED) is 0.177. The smallest absolute Gasteiger partial charge is 0.270 e. The van der Waals surface area contributed by atoms with Crippen LogP contribution in [0.4, 0.5) is 0 Å². The van der Waals surface area contributed by atoms with E-state index in [1.807, 2.05) is 17.5 Å². The fraction of sp³-hybridized carbons (Fsp3) is 0.667. The lowest BCUT2D eigenvalue weighted by molar-refractivity contribution is -0.136. The zero-order valence-corrected chi connectivity index (χ0v) is 27.1. The first-order valence-corrected chi connectivity index (χ1v) is 16.5. The minimum absolute atomic E-state index is 0.0220. The second-order valence-electron chi connectivity index (χ2n) is 11.6. The SMILES string of the molecule is CCCO[C@H](CC(C(C)C)N(CCC)C(=O)C[C@@H](C)CC)c1nc(C(=O)N[C@H](CCC)Cc2ccc(O)cc2)cs1. The van der Waals surface area contributed by atoms with E-state index in [2.05, 4.69) is 58.7 Å². The molecule has 2 N–H and O–H groups in total. The number of phenols is 1. The van der Waals surface area contributed by atoms with Crippen LogP contribution >= 0.6 is 11.3 Å². The molecule has 0 aliphatic rings. The van der Waals surface area contributed by atoms with E-state index in [0.717, 1.165) is 49.2 Å². The van der Waals surface area contributed by atoms with E-state index in [4.69, 9.17) is 9.72 Å². The maximum absolute atomic E-state index is 13.4. The highest BCUT2D eigenvalue weighted by atomic mass is 32.1. The van der Waals surface area contributed by atoms with Crippen LogP contribution in [0.25, 0.3) is 0 Å². The van der Waals surface area contributed by atoms with E-state index in [-0.39, 0.29) is 41.7 Å². The van der Waals surface area contributed by atoms with Gasteiger partial charge in [0.2, 0.25) is 5.91 Å². The number of ether oxygens (including phenoxy) is 1. The van der Waals surface area contributed by atoms with E-state index in [0.29, 0.717) is 37.5 Å². The molecule has 2 rings (SSSR count). The van der Waals surface area contributed by atoms with Crippen molar-refractivity contribution in [2.24, 2.45) is 11.8 Å². The van der Waals surface area contributed by atoms with E-state index < -0.39 is 0 Å². The standard InChI is InChI=1S/C33H53N3O4S/c1-8-12-26(20-25-13-15-27(37)16-14-25)34-32(39)28-22-41-33(35-28)30(40-18-10-3)21-29(23(5)6)36(17-9-2)31(38)19-24(7)11-4/h13-16,22-24,26,29-30,37H,8-12,17-21H2,1-7H3,(H,34,39)/t24-,26+,29?,30+/m0/s1. The molecule has 0 saturated heterocycles. The van der Waals surface area contributed by atoms with Gasteiger partial charge in [0.1, 0.15) is 22.6 Å². The molecule has 0 radical (unpaired) electrons. The molecule has 1 unspecified atom stereocenters. The molecule has 230 valence electrons. The largest absolute Gasteiger partial charge is 0.508 e. The molecular weight excluding hydrogens is 534 g/mol. The first-order valence-electron chi connectivity index (χ1n) is 15.6. The van der Waals surface area contributed by atoms with Gasteiger partial charge in [-0.3, -0.25) is 9.59 Å². The van der Waals surface area contributed by atoms with Crippen LogP contribution in [0.15, 0.2) is 29.6 Å². The topological polar surface area (TPSA) is 91.8 Å². The minimum Gasteiger partial charge on any atom is -0.508 e. The Labute approximate surface area is 252 Å². The van der Waals surface area contributed by atoms with Crippen LogP contribution in [0.2, 0.25) is 0 Å². The Morgan fingerprint density at radius 3 is 2.34 bits per heavy atom. The predicted octanol–water partition coefficient (Wildman–Crippen LogP) is 7.55. The molecule has 1 aromatic heterocycles. The van der Waals surface area contributed by atoms with Gasteiger partial charge in [-0.1, -0.05) is 73.4 Å². The summed E-state index contributed by atoms with van der Waals surface area (Å²) in [5.74, 6) is 0.872. The highest BCUT2D eigenvalue weighted by molar-refractivity contribution is 7.09. The molecule has 2 amide bonds. The normalized spacial score (nSPS) is 14.4. The number of hydrogen-bond donors (Lipinski definition) is 2. The van der Waals surface area contributed by atoms with Crippen LogP contribution in [-0.4, -0.2) is 52.0 Å². The van der Waals surface area contributed by atoms with Crippen LogP contribution < -0.4 is 5.32 Å². The Kier molecular flexibility index (Phi) is 15.4. The highest BCUT2D eigenvalue weighted by Gasteiger charge is 2.31. The molecule has 1 aromatic carbocycles.